The molecule has 19 heavy (non-hydrogen) atoms. The van der Waals surface area contributed by atoms with Gasteiger partial charge in [0, 0.05) is 44.0 Å². The van der Waals surface area contributed by atoms with E-state index in [0.717, 1.165) is 49.8 Å². The first-order valence-corrected chi connectivity index (χ1v) is 6.87. The molecule has 6 heteroatoms. The molecule has 0 aliphatic carbocycles. The molecule has 0 amide bonds. The number of pyridine rings is 1. The first kappa shape index (κ1) is 14.2. The summed E-state index contributed by atoms with van der Waals surface area (Å²) < 4.78 is 0. The van der Waals surface area contributed by atoms with Crippen LogP contribution < -0.4 is 10.6 Å². The van der Waals surface area contributed by atoms with Crippen molar-refractivity contribution in [2.24, 2.45) is 5.73 Å². The standard InChI is InChI=1S/C13H20N4OS/c1-10-8-11(13(14)19)9-12(15-10)17-4-2-16(3-5-17)6-7-18/h8-9,18H,2-7H2,1H3,(H2,14,19). The van der Waals surface area contributed by atoms with Gasteiger partial charge in [-0.05, 0) is 19.1 Å². The summed E-state index contributed by atoms with van der Waals surface area (Å²) in [6.45, 7) is 6.62. The van der Waals surface area contributed by atoms with Gasteiger partial charge in [0.15, 0.2) is 0 Å². The van der Waals surface area contributed by atoms with Crippen molar-refractivity contribution in [2.75, 3.05) is 44.2 Å². The zero-order valence-corrected chi connectivity index (χ0v) is 12.0. The zero-order valence-electron chi connectivity index (χ0n) is 11.2. The van der Waals surface area contributed by atoms with Crippen molar-refractivity contribution in [3.8, 4) is 0 Å². The number of aliphatic hydroxyl groups is 1. The molecule has 5 nitrogen and oxygen atoms in total. The summed E-state index contributed by atoms with van der Waals surface area (Å²) in [5.41, 5.74) is 7.49. The van der Waals surface area contributed by atoms with Crippen molar-refractivity contribution < 1.29 is 5.11 Å². The molecular formula is C13H20N4OS. The number of aliphatic hydroxyl groups excluding tert-OH is 1. The van der Waals surface area contributed by atoms with Crippen molar-refractivity contribution in [1.82, 2.24) is 9.88 Å². The highest BCUT2D eigenvalue weighted by atomic mass is 32.1. The highest BCUT2D eigenvalue weighted by Gasteiger charge is 2.18. The lowest BCUT2D eigenvalue weighted by Gasteiger charge is -2.35. The van der Waals surface area contributed by atoms with E-state index in [0.29, 0.717) is 4.99 Å². The van der Waals surface area contributed by atoms with Crippen LogP contribution in [-0.2, 0) is 0 Å². The summed E-state index contributed by atoms with van der Waals surface area (Å²) in [5, 5.41) is 8.94. The number of β-amino-alcohol motifs (C(OH)–C–C–N with tert-alkyl or cyclic N) is 1. The molecule has 1 fully saturated rings. The lowest BCUT2D eigenvalue weighted by Crippen LogP contribution is -2.47. The molecular weight excluding hydrogens is 260 g/mol. The summed E-state index contributed by atoms with van der Waals surface area (Å²) in [4.78, 5) is 9.45. The third-order valence-corrected chi connectivity index (χ3v) is 3.57. The van der Waals surface area contributed by atoms with Crippen molar-refractivity contribution >= 4 is 23.0 Å². The molecule has 1 aromatic heterocycles. The molecule has 0 saturated carbocycles. The van der Waals surface area contributed by atoms with Gasteiger partial charge in [0.1, 0.15) is 10.8 Å². The molecule has 1 aliphatic rings. The maximum atomic E-state index is 8.94. The second-order valence-electron chi connectivity index (χ2n) is 4.77. The maximum absolute atomic E-state index is 8.94. The fourth-order valence-electron chi connectivity index (χ4n) is 2.30. The summed E-state index contributed by atoms with van der Waals surface area (Å²) in [7, 11) is 0. The van der Waals surface area contributed by atoms with Gasteiger partial charge in [-0.3, -0.25) is 4.90 Å². The number of nitrogens with zero attached hydrogens (tertiary/aromatic N) is 3. The maximum Gasteiger partial charge on any atom is 0.129 e. The lowest BCUT2D eigenvalue weighted by molar-refractivity contribution is 0.188. The Labute approximate surface area is 119 Å². The average Bonchev–Trinajstić information content (AvgIpc) is 2.39. The van der Waals surface area contributed by atoms with Crippen LogP contribution >= 0.6 is 12.2 Å². The molecule has 1 saturated heterocycles. The molecule has 0 spiro atoms. The first-order chi connectivity index (χ1) is 9.10. The molecule has 2 heterocycles. The third kappa shape index (κ3) is 3.62. The van der Waals surface area contributed by atoms with Crippen molar-refractivity contribution in [2.45, 2.75) is 6.92 Å². The quantitative estimate of drug-likeness (QED) is 0.765. The lowest BCUT2D eigenvalue weighted by atomic mass is 10.2. The highest BCUT2D eigenvalue weighted by molar-refractivity contribution is 7.80. The van der Waals surface area contributed by atoms with Gasteiger partial charge in [-0.15, -0.1) is 0 Å². The van der Waals surface area contributed by atoms with E-state index in [1.165, 1.54) is 0 Å². The predicted molar refractivity (Wildman–Crippen MR) is 80.6 cm³/mol. The van der Waals surface area contributed by atoms with Crippen LogP contribution in [0.25, 0.3) is 0 Å². The number of hydrogen-bond acceptors (Lipinski definition) is 5. The van der Waals surface area contributed by atoms with Crippen molar-refractivity contribution in [3.63, 3.8) is 0 Å². The molecule has 104 valence electrons. The van der Waals surface area contributed by atoms with Crippen LogP contribution in [0.2, 0.25) is 0 Å². The van der Waals surface area contributed by atoms with Crippen LogP contribution in [0.5, 0.6) is 0 Å². The van der Waals surface area contributed by atoms with E-state index in [-0.39, 0.29) is 6.61 Å². The molecule has 0 atom stereocenters. The highest BCUT2D eigenvalue weighted by Crippen LogP contribution is 2.17. The summed E-state index contributed by atoms with van der Waals surface area (Å²) in [6, 6.07) is 3.87. The van der Waals surface area contributed by atoms with Crippen LogP contribution in [0.3, 0.4) is 0 Å². The SMILES string of the molecule is Cc1cc(C(N)=S)cc(N2CCN(CCO)CC2)n1. The molecule has 1 aliphatic heterocycles. The number of thiocarbonyl (C=S) groups is 1. The molecule has 0 unspecified atom stereocenters. The summed E-state index contributed by atoms with van der Waals surface area (Å²) >= 11 is 5.03. The Balaban J connectivity index is 2.09. The Kier molecular flexibility index (Phi) is 4.68. The number of anilines is 1. The van der Waals surface area contributed by atoms with E-state index >= 15 is 0 Å². The minimum Gasteiger partial charge on any atom is -0.395 e. The number of hydrogen-bond donors (Lipinski definition) is 2. The molecule has 0 aromatic carbocycles. The van der Waals surface area contributed by atoms with Gasteiger partial charge in [-0.25, -0.2) is 4.98 Å². The van der Waals surface area contributed by atoms with Gasteiger partial charge in [-0.1, -0.05) is 12.2 Å². The average molecular weight is 280 g/mol. The Hall–Kier alpha value is -1.24. The second kappa shape index (κ2) is 6.27. The van der Waals surface area contributed by atoms with E-state index in [1.807, 2.05) is 19.1 Å². The number of rotatable bonds is 4. The smallest absolute Gasteiger partial charge is 0.129 e. The van der Waals surface area contributed by atoms with E-state index in [4.69, 9.17) is 23.1 Å². The third-order valence-electron chi connectivity index (χ3n) is 3.34. The van der Waals surface area contributed by atoms with E-state index < -0.39 is 0 Å². The van der Waals surface area contributed by atoms with Crippen LogP contribution in [0.1, 0.15) is 11.3 Å². The Morgan fingerprint density at radius 1 is 1.37 bits per heavy atom. The summed E-state index contributed by atoms with van der Waals surface area (Å²) in [6.07, 6.45) is 0. The largest absolute Gasteiger partial charge is 0.395 e. The fraction of sp³-hybridized carbons (Fsp3) is 0.538. The topological polar surface area (TPSA) is 65.6 Å². The van der Waals surface area contributed by atoms with E-state index in [1.54, 1.807) is 0 Å². The van der Waals surface area contributed by atoms with Gasteiger partial charge >= 0.3 is 0 Å². The molecule has 1 aromatic rings. The Morgan fingerprint density at radius 3 is 2.63 bits per heavy atom. The monoisotopic (exact) mass is 280 g/mol. The number of nitrogens with two attached hydrogens (primary N) is 1. The second-order valence-corrected chi connectivity index (χ2v) is 5.21. The zero-order chi connectivity index (χ0) is 13.8. The van der Waals surface area contributed by atoms with Crippen LogP contribution in [-0.4, -0.2) is 59.3 Å². The van der Waals surface area contributed by atoms with Crippen molar-refractivity contribution in [1.29, 1.82) is 0 Å². The van der Waals surface area contributed by atoms with Gasteiger partial charge in [0.2, 0.25) is 0 Å². The van der Waals surface area contributed by atoms with Crippen molar-refractivity contribution in [3.05, 3.63) is 23.4 Å². The minimum atomic E-state index is 0.217. The molecule has 0 radical (unpaired) electrons. The number of aryl methyl sites for hydroxylation is 1. The van der Waals surface area contributed by atoms with Crippen LogP contribution in [0.15, 0.2) is 12.1 Å². The normalized spacial score (nSPS) is 16.6. The molecule has 0 bridgehead atoms. The Morgan fingerprint density at radius 2 is 2.05 bits per heavy atom. The Bertz CT molecular complexity index is 458. The van der Waals surface area contributed by atoms with Gasteiger partial charge < -0.3 is 15.7 Å². The van der Waals surface area contributed by atoms with E-state index in [9.17, 15) is 0 Å². The summed E-state index contributed by atoms with van der Waals surface area (Å²) in [5.74, 6) is 0.937. The molecule has 2 rings (SSSR count). The van der Waals surface area contributed by atoms with Gasteiger partial charge in [0.05, 0.1) is 6.61 Å². The number of aromatic nitrogens is 1. The van der Waals surface area contributed by atoms with Gasteiger partial charge in [0.25, 0.3) is 0 Å². The molecule has 3 N–H and O–H groups in total. The fourth-order valence-corrected chi connectivity index (χ4v) is 2.42. The van der Waals surface area contributed by atoms with Gasteiger partial charge in [-0.2, -0.15) is 0 Å². The predicted octanol–water partition coefficient (Wildman–Crippen LogP) is 0.139. The first-order valence-electron chi connectivity index (χ1n) is 6.47. The van der Waals surface area contributed by atoms with E-state index in [2.05, 4.69) is 14.8 Å². The minimum absolute atomic E-state index is 0.217. The number of piperazine rings is 1. The van der Waals surface area contributed by atoms with Crippen LogP contribution in [0, 0.1) is 6.92 Å². The van der Waals surface area contributed by atoms with Crippen LogP contribution in [0.4, 0.5) is 5.82 Å².